The third kappa shape index (κ3) is 1.79. The Morgan fingerprint density at radius 3 is 2.71 bits per heavy atom. The van der Waals surface area contributed by atoms with Crippen LogP contribution in [0.25, 0.3) is 0 Å². The Morgan fingerprint density at radius 1 is 1.21 bits per heavy atom. The maximum atomic E-state index is 11.7. The first kappa shape index (κ1) is 10.3. The molecule has 1 aliphatic rings. The lowest BCUT2D eigenvalue weighted by atomic mass is 10.0. The molecule has 0 saturated heterocycles. The van der Waals surface area contributed by atoms with E-state index in [1.54, 1.807) is 23.9 Å². The lowest BCUT2D eigenvalue weighted by molar-refractivity contribution is 0.0989. The topological polar surface area (TPSA) is 17.1 Å². The van der Waals surface area contributed by atoms with Crippen molar-refractivity contribution in [3.63, 3.8) is 0 Å². The van der Waals surface area contributed by atoms with Crippen LogP contribution in [0.3, 0.4) is 0 Å². The zero-order chi connectivity index (χ0) is 10.1. The number of ketones is 1. The van der Waals surface area contributed by atoms with Gasteiger partial charge in [-0.25, -0.2) is 0 Å². The summed E-state index contributed by atoms with van der Waals surface area (Å²) in [5.41, 5.74) is 1.52. The molecule has 0 amide bonds. The summed E-state index contributed by atoms with van der Waals surface area (Å²) in [6.45, 7) is 0. The zero-order valence-electron chi connectivity index (χ0n) is 7.35. The van der Waals surface area contributed by atoms with E-state index in [0.29, 0.717) is 22.0 Å². The number of Topliss-reactive ketones (excluding diaryl/α,β-unsaturated/α-hetero) is 1. The summed E-state index contributed by atoms with van der Waals surface area (Å²) in [5.74, 6) is 1.73. The van der Waals surface area contributed by atoms with Gasteiger partial charge in [-0.3, -0.25) is 4.79 Å². The third-order valence-corrected chi connectivity index (χ3v) is 3.86. The first-order valence-electron chi connectivity index (χ1n) is 4.28. The van der Waals surface area contributed by atoms with E-state index in [0.717, 1.165) is 17.1 Å². The van der Waals surface area contributed by atoms with E-state index in [1.165, 1.54) is 0 Å². The summed E-state index contributed by atoms with van der Waals surface area (Å²) in [4.78, 5) is 11.7. The molecule has 0 N–H and O–H groups in total. The Morgan fingerprint density at radius 2 is 1.93 bits per heavy atom. The Labute approximate surface area is 96.8 Å². The molecule has 14 heavy (non-hydrogen) atoms. The van der Waals surface area contributed by atoms with Crippen molar-refractivity contribution in [2.24, 2.45) is 0 Å². The molecule has 1 aromatic rings. The monoisotopic (exact) mass is 246 g/mol. The molecule has 0 aromatic heterocycles. The van der Waals surface area contributed by atoms with Gasteiger partial charge in [0.1, 0.15) is 0 Å². The Bertz CT molecular complexity index is 390. The van der Waals surface area contributed by atoms with Crippen LogP contribution >= 0.6 is 35.0 Å². The van der Waals surface area contributed by atoms with Gasteiger partial charge in [0.05, 0.1) is 5.02 Å². The van der Waals surface area contributed by atoms with E-state index in [-0.39, 0.29) is 5.78 Å². The maximum absolute atomic E-state index is 11.7. The molecular weight excluding hydrogens is 239 g/mol. The zero-order valence-corrected chi connectivity index (χ0v) is 9.68. The van der Waals surface area contributed by atoms with Gasteiger partial charge < -0.3 is 0 Å². The van der Waals surface area contributed by atoms with Crippen molar-refractivity contribution >= 4 is 40.7 Å². The van der Waals surface area contributed by atoms with Gasteiger partial charge in [0.15, 0.2) is 5.78 Å². The van der Waals surface area contributed by atoms with Crippen LogP contribution in [0.15, 0.2) is 12.1 Å². The van der Waals surface area contributed by atoms with Crippen molar-refractivity contribution < 1.29 is 4.79 Å². The average molecular weight is 247 g/mol. The molecule has 0 fully saturated rings. The highest BCUT2D eigenvalue weighted by atomic mass is 35.5. The van der Waals surface area contributed by atoms with Gasteiger partial charge in [-0.2, -0.15) is 11.8 Å². The normalized spacial score (nSPS) is 16.3. The number of fused-ring (bicyclic) bond motifs is 1. The van der Waals surface area contributed by atoms with Crippen LogP contribution in [0.5, 0.6) is 0 Å². The summed E-state index contributed by atoms with van der Waals surface area (Å²) < 4.78 is 0. The van der Waals surface area contributed by atoms with Crippen molar-refractivity contribution in [2.45, 2.75) is 12.2 Å². The van der Waals surface area contributed by atoms with Crippen LogP contribution < -0.4 is 0 Å². The standard InChI is InChI=1S/C10H8Cl2OS/c11-7-1-2-8(12)10-6(7)5-14-4-3-9(10)13/h1-2H,3-5H2. The molecule has 0 spiro atoms. The second-order valence-electron chi connectivity index (χ2n) is 3.11. The summed E-state index contributed by atoms with van der Waals surface area (Å²) in [6, 6.07) is 3.44. The van der Waals surface area contributed by atoms with Gasteiger partial charge in [-0.15, -0.1) is 0 Å². The fourth-order valence-electron chi connectivity index (χ4n) is 1.50. The summed E-state index contributed by atoms with van der Waals surface area (Å²) in [7, 11) is 0. The number of halogens is 2. The summed E-state index contributed by atoms with van der Waals surface area (Å²) in [6.07, 6.45) is 0.553. The first-order valence-corrected chi connectivity index (χ1v) is 6.19. The van der Waals surface area contributed by atoms with Crippen LogP contribution in [0.1, 0.15) is 22.3 Å². The van der Waals surface area contributed by atoms with Crippen LogP contribution in [-0.2, 0) is 5.75 Å². The van der Waals surface area contributed by atoms with Crippen molar-refractivity contribution in [2.75, 3.05) is 5.75 Å². The number of thioether (sulfide) groups is 1. The van der Waals surface area contributed by atoms with Gasteiger partial charge in [0.2, 0.25) is 0 Å². The molecule has 74 valence electrons. The molecule has 1 aliphatic heterocycles. The molecule has 0 bridgehead atoms. The predicted molar refractivity (Wildman–Crippen MR) is 61.6 cm³/mol. The van der Waals surface area contributed by atoms with Crippen molar-refractivity contribution in [1.82, 2.24) is 0 Å². The highest BCUT2D eigenvalue weighted by Crippen LogP contribution is 2.33. The van der Waals surface area contributed by atoms with Crippen LogP contribution in [-0.4, -0.2) is 11.5 Å². The van der Waals surface area contributed by atoms with Gasteiger partial charge in [0.25, 0.3) is 0 Å². The molecule has 2 rings (SSSR count). The number of hydrogen-bond donors (Lipinski definition) is 0. The van der Waals surface area contributed by atoms with E-state index in [2.05, 4.69) is 0 Å². The number of rotatable bonds is 0. The highest BCUT2D eigenvalue weighted by molar-refractivity contribution is 7.98. The van der Waals surface area contributed by atoms with Crippen LogP contribution in [0, 0.1) is 0 Å². The van der Waals surface area contributed by atoms with Crippen molar-refractivity contribution in [3.8, 4) is 0 Å². The average Bonchev–Trinajstić information content (AvgIpc) is 2.35. The van der Waals surface area contributed by atoms with Gasteiger partial charge in [0, 0.05) is 28.5 Å². The Balaban J connectivity index is 2.62. The van der Waals surface area contributed by atoms with Crippen molar-refractivity contribution in [1.29, 1.82) is 0 Å². The summed E-state index contributed by atoms with van der Waals surface area (Å²) >= 11 is 13.7. The molecule has 0 saturated carbocycles. The van der Waals surface area contributed by atoms with Gasteiger partial charge >= 0.3 is 0 Å². The number of benzene rings is 1. The largest absolute Gasteiger partial charge is 0.294 e. The van der Waals surface area contributed by atoms with E-state index in [1.807, 2.05) is 0 Å². The maximum Gasteiger partial charge on any atom is 0.165 e. The lowest BCUT2D eigenvalue weighted by Gasteiger charge is -2.07. The van der Waals surface area contributed by atoms with Gasteiger partial charge in [-0.1, -0.05) is 23.2 Å². The fourth-order valence-corrected chi connectivity index (χ4v) is 3.06. The molecular formula is C10H8Cl2OS. The summed E-state index contributed by atoms with van der Waals surface area (Å²) in [5, 5.41) is 1.17. The molecule has 0 radical (unpaired) electrons. The molecule has 4 heteroatoms. The minimum Gasteiger partial charge on any atom is -0.294 e. The van der Waals surface area contributed by atoms with Gasteiger partial charge in [-0.05, 0) is 17.7 Å². The first-order chi connectivity index (χ1) is 6.70. The third-order valence-electron chi connectivity index (χ3n) is 2.20. The minimum atomic E-state index is 0.109. The van der Waals surface area contributed by atoms with E-state index < -0.39 is 0 Å². The number of carbonyl (C=O) groups is 1. The Kier molecular flexibility index (Phi) is 3.05. The molecule has 0 unspecified atom stereocenters. The quantitative estimate of drug-likeness (QED) is 0.693. The van der Waals surface area contributed by atoms with Crippen LogP contribution in [0.2, 0.25) is 10.0 Å². The van der Waals surface area contributed by atoms with E-state index >= 15 is 0 Å². The Hall–Kier alpha value is -0.180. The molecule has 0 aliphatic carbocycles. The van der Waals surface area contributed by atoms with E-state index in [4.69, 9.17) is 23.2 Å². The van der Waals surface area contributed by atoms with Crippen LogP contribution in [0.4, 0.5) is 0 Å². The molecule has 1 aromatic carbocycles. The minimum absolute atomic E-state index is 0.109. The van der Waals surface area contributed by atoms with E-state index in [9.17, 15) is 4.79 Å². The second-order valence-corrected chi connectivity index (χ2v) is 5.03. The predicted octanol–water partition coefficient (Wildman–Crippen LogP) is 3.81. The SMILES string of the molecule is O=C1CCSCc2c(Cl)ccc(Cl)c21. The number of hydrogen-bond acceptors (Lipinski definition) is 2. The second kappa shape index (κ2) is 4.13. The fraction of sp³-hybridized carbons (Fsp3) is 0.300. The highest BCUT2D eigenvalue weighted by Gasteiger charge is 2.20. The molecule has 1 nitrogen and oxygen atoms in total. The molecule has 0 atom stereocenters. The molecule has 1 heterocycles. The lowest BCUT2D eigenvalue weighted by Crippen LogP contribution is -2.02. The van der Waals surface area contributed by atoms with Crippen molar-refractivity contribution in [3.05, 3.63) is 33.3 Å². The smallest absolute Gasteiger partial charge is 0.165 e. The number of carbonyl (C=O) groups excluding carboxylic acids is 1.